The van der Waals surface area contributed by atoms with Crippen LogP contribution in [0.2, 0.25) is 0 Å². The number of hydrogen-bond acceptors (Lipinski definition) is 19. The minimum Gasteiger partial charge on any atom is -0.456 e. The summed E-state index contributed by atoms with van der Waals surface area (Å²) in [6, 6.07) is 10.8. The molecular formula is C74H108N10O18. The van der Waals surface area contributed by atoms with Gasteiger partial charge < -0.3 is 64.4 Å². The number of nitrogens with one attached hydrogen (secondary N) is 5. The number of alkyl carbamates (subject to hydrolysis) is 1. The van der Waals surface area contributed by atoms with Crippen LogP contribution in [0.4, 0.5) is 4.79 Å². The average Bonchev–Trinajstić information content (AvgIpc) is 1.61. The van der Waals surface area contributed by atoms with Crippen molar-refractivity contribution in [1.29, 1.82) is 0 Å². The lowest BCUT2D eigenvalue weighted by Gasteiger charge is -2.36. The van der Waals surface area contributed by atoms with Crippen LogP contribution < -0.4 is 26.7 Å². The second kappa shape index (κ2) is 44.3. The fraction of sp³-hybridized carbons (Fsp3) is 0.581. The van der Waals surface area contributed by atoms with Gasteiger partial charge in [0.05, 0.1) is 38.7 Å². The average molecular weight is 1430 g/mol. The van der Waals surface area contributed by atoms with E-state index in [2.05, 4.69) is 38.4 Å². The van der Waals surface area contributed by atoms with Crippen LogP contribution in [0.25, 0.3) is 0 Å². The molecule has 5 N–H and O–H groups in total. The van der Waals surface area contributed by atoms with E-state index in [1.807, 2.05) is 19.9 Å². The van der Waals surface area contributed by atoms with E-state index in [0.29, 0.717) is 115 Å². The van der Waals surface area contributed by atoms with Crippen LogP contribution in [0, 0.1) is 11.8 Å². The van der Waals surface area contributed by atoms with Gasteiger partial charge in [-0.05, 0) is 115 Å². The van der Waals surface area contributed by atoms with Crippen molar-refractivity contribution in [2.24, 2.45) is 16.9 Å². The molecule has 28 heteroatoms. The van der Waals surface area contributed by atoms with Gasteiger partial charge in [-0.3, -0.25) is 48.1 Å². The molecule has 102 heavy (non-hydrogen) atoms. The van der Waals surface area contributed by atoms with Crippen molar-refractivity contribution in [3.05, 3.63) is 107 Å². The quantitative estimate of drug-likeness (QED) is 0.00781. The first-order valence-electron chi connectivity index (χ1n) is 35.1. The molecule has 0 saturated carbocycles. The summed E-state index contributed by atoms with van der Waals surface area (Å²) >= 11 is 0. The first kappa shape index (κ1) is 85.3. The van der Waals surface area contributed by atoms with Gasteiger partial charge >= 0.3 is 18.0 Å². The lowest BCUT2D eigenvalue weighted by atomic mass is 9.91. The molecule has 2 aliphatic rings. The van der Waals surface area contributed by atoms with E-state index >= 15 is 0 Å². The van der Waals surface area contributed by atoms with E-state index in [9.17, 15) is 57.5 Å². The third-order valence-corrected chi connectivity index (χ3v) is 17.8. The van der Waals surface area contributed by atoms with E-state index in [1.54, 1.807) is 103 Å². The molecule has 1 unspecified atom stereocenters. The van der Waals surface area contributed by atoms with Crippen molar-refractivity contribution in [2.75, 3.05) is 79.9 Å². The topological polar surface area (TPSA) is 346 Å². The number of hydrogen-bond donors (Lipinski definition) is 5. The van der Waals surface area contributed by atoms with Gasteiger partial charge in [-0.15, -0.1) is 0 Å². The molecule has 4 rings (SSSR count). The molecule has 0 aliphatic carbocycles. The molecule has 0 spiro atoms. The monoisotopic (exact) mass is 1420 g/mol. The molecule has 2 aromatic rings. The van der Waals surface area contributed by atoms with Crippen LogP contribution in [-0.2, 0) is 82.8 Å². The largest absolute Gasteiger partial charge is 0.456 e. The highest BCUT2D eigenvalue weighted by molar-refractivity contribution is 6.13. The number of rotatable bonds is 45. The summed E-state index contributed by atoms with van der Waals surface area (Å²) in [5.74, 6) is -6.64. The number of hydrazone groups is 1. The molecule has 2 heterocycles. The van der Waals surface area contributed by atoms with Crippen molar-refractivity contribution in [2.45, 2.75) is 189 Å². The number of esters is 2. The highest BCUT2D eigenvalue weighted by Gasteiger charge is 2.46. The Balaban J connectivity index is 1.12. The molecule has 0 bridgehead atoms. The second-order valence-corrected chi connectivity index (χ2v) is 25.8. The predicted octanol–water partition coefficient (Wildman–Crippen LogP) is 5.65. The summed E-state index contributed by atoms with van der Waals surface area (Å²) in [7, 11) is 2.86. The Kier molecular flexibility index (Phi) is 37.0. The molecule has 562 valence electrons. The normalized spacial score (nSPS) is 16.9. The van der Waals surface area contributed by atoms with Crippen LogP contribution >= 0.6 is 0 Å². The Morgan fingerprint density at radius 3 is 1.90 bits per heavy atom. The maximum atomic E-state index is 14.4. The zero-order valence-electron chi connectivity index (χ0n) is 61.6. The molecule has 1 saturated heterocycles. The van der Waals surface area contributed by atoms with Crippen molar-refractivity contribution in [1.82, 2.24) is 46.3 Å². The first-order valence-corrected chi connectivity index (χ1v) is 35.1. The Labute approximate surface area is 599 Å². The summed E-state index contributed by atoms with van der Waals surface area (Å²) in [6.45, 7) is 24.9. The standard InChI is InChI=1S/C74H108N10O18/c1-15-48(6)65(78-62(86)46-81(13)70(92)58(45-55-26-20-18-21-27-55)82(14)69(91)54(12)84-50(8)44-60(71(84)93)100-72(94)47(4)5)68(90)77-53(11)73(95)102-66(49(7)16-2)51(9)59(17-3)101-74(96)76-36-25-39-98-41-43-99-42-40-97-38-24-35-75-67(89)57-31-29-56(30-32-57)52(10)79-80-61(85)28-22-19-23-37-83-63(87)33-34-64(83)88/h16,18,20-21,26-27,29-34,48,50-51,53-54,58-60,65-66H,4,15,17,19,22-25,28,35-46H2,1-3,5-14H3,(H,75,89)(H,76,96)(H,77,90)(H,78,86)(H,80,85)/b49-16+,79-52-/t48-,50?,51+,53-,54+,58-,59+,60-,65+,66-/m1/s1. The number of carbonyl (C=O) groups is 12. The number of likely N-dealkylation sites (tertiary alicyclic amines) is 1. The SMILES string of the molecule is C=C(C)C(=O)O[C@@H]1CC(C)N([C@@H](C)C(=O)N(C)[C@H](Cc2ccccc2)C(=O)N(C)CC(=O)N[C@H](C(=O)N[C@H](C)C(=O)O[C@H](/C(C)=C/C)[C@@H](C)[C@H](CC)OC(=O)NCCCOCCOCCOCCCNC(=O)c2ccc(/C(C)=N\NC(=O)CCCCCN3C(=O)C=CC3=O)cc2)[C@H](C)CC)C1=O. The highest BCUT2D eigenvalue weighted by atomic mass is 16.6. The first-order chi connectivity index (χ1) is 48.5. The fourth-order valence-electron chi connectivity index (χ4n) is 11.3. The maximum Gasteiger partial charge on any atom is 0.407 e. The summed E-state index contributed by atoms with van der Waals surface area (Å²) in [5, 5.41) is 15.2. The number of imide groups is 1. The molecule has 28 nitrogen and oxygen atoms in total. The van der Waals surface area contributed by atoms with E-state index in [-0.39, 0.29) is 55.0 Å². The van der Waals surface area contributed by atoms with E-state index in [4.69, 9.17) is 28.4 Å². The Morgan fingerprint density at radius 1 is 0.716 bits per heavy atom. The fourth-order valence-corrected chi connectivity index (χ4v) is 11.3. The number of likely N-dealkylation sites (N-methyl/N-ethyl adjacent to an activating group) is 2. The number of benzene rings is 2. The number of carbonyl (C=O) groups excluding carboxylic acids is 12. The van der Waals surface area contributed by atoms with E-state index in [1.165, 1.54) is 54.8 Å². The number of ether oxygens (including phenoxy) is 6. The molecule has 0 aromatic heterocycles. The van der Waals surface area contributed by atoms with Crippen LogP contribution in [-0.4, -0.2) is 225 Å². The summed E-state index contributed by atoms with van der Waals surface area (Å²) in [6.07, 6.45) is 5.21. The second-order valence-electron chi connectivity index (χ2n) is 25.8. The Hall–Kier alpha value is -9.15. The number of unbranched alkanes of at least 4 members (excludes halogenated alkanes) is 2. The van der Waals surface area contributed by atoms with Crippen molar-refractivity contribution < 1.29 is 86.0 Å². The van der Waals surface area contributed by atoms with Crippen molar-refractivity contribution in [3.8, 4) is 0 Å². The minimum atomic E-state index is -1.19. The Bertz CT molecular complexity index is 3250. The number of amides is 10. The van der Waals surface area contributed by atoms with E-state index < -0.39 is 114 Å². The predicted molar refractivity (Wildman–Crippen MR) is 381 cm³/mol. The van der Waals surface area contributed by atoms with Gasteiger partial charge in [0.1, 0.15) is 36.4 Å². The van der Waals surface area contributed by atoms with Gasteiger partial charge in [-0.25, -0.2) is 19.8 Å². The third kappa shape index (κ3) is 27.7. The summed E-state index contributed by atoms with van der Waals surface area (Å²) in [5.41, 5.74) is 5.84. The molecule has 2 aliphatic heterocycles. The highest BCUT2D eigenvalue weighted by Crippen LogP contribution is 2.28. The zero-order valence-corrected chi connectivity index (χ0v) is 61.6. The van der Waals surface area contributed by atoms with Gasteiger partial charge in [0.25, 0.3) is 23.6 Å². The molecular weight excluding hydrogens is 1320 g/mol. The number of nitrogens with zero attached hydrogens (tertiary/aromatic N) is 5. The Morgan fingerprint density at radius 2 is 1.31 bits per heavy atom. The smallest absolute Gasteiger partial charge is 0.407 e. The van der Waals surface area contributed by atoms with Crippen LogP contribution in [0.1, 0.15) is 155 Å². The summed E-state index contributed by atoms with van der Waals surface area (Å²) < 4.78 is 34.1. The maximum absolute atomic E-state index is 14.4. The molecule has 10 atom stereocenters. The molecule has 0 radical (unpaired) electrons. The van der Waals surface area contributed by atoms with Crippen molar-refractivity contribution in [3.63, 3.8) is 0 Å². The molecule has 10 amide bonds. The van der Waals surface area contributed by atoms with Gasteiger partial charge in [-0.2, -0.15) is 5.10 Å². The lowest BCUT2D eigenvalue weighted by Crippen LogP contribution is -2.58. The van der Waals surface area contributed by atoms with Gasteiger partial charge in [0, 0.05) is 101 Å². The van der Waals surface area contributed by atoms with Crippen LogP contribution in [0.5, 0.6) is 0 Å². The van der Waals surface area contributed by atoms with Gasteiger partial charge in [-0.1, -0.05) is 95.7 Å². The van der Waals surface area contributed by atoms with Gasteiger partial charge in [0.2, 0.25) is 29.5 Å². The minimum absolute atomic E-state index is 0.0602. The molecule has 2 aromatic carbocycles. The van der Waals surface area contributed by atoms with Crippen LogP contribution in [0.3, 0.4) is 0 Å². The molecule has 1 fully saturated rings. The van der Waals surface area contributed by atoms with Crippen molar-refractivity contribution >= 4 is 76.9 Å². The van der Waals surface area contributed by atoms with E-state index in [0.717, 1.165) is 16.0 Å². The zero-order chi connectivity index (χ0) is 75.6. The summed E-state index contributed by atoms with van der Waals surface area (Å²) in [4.78, 5) is 162. The lowest BCUT2D eigenvalue weighted by molar-refractivity contribution is -0.156. The third-order valence-electron chi connectivity index (χ3n) is 17.8. The van der Waals surface area contributed by atoms with Gasteiger partial charge in [0.15, 0.2) is 6.10 Å². The number of allylic oxidation sites excluding steroid dienone is 1. The van der Waals surface area contributed by atoms with Crippen LogP contribution in [0.15, 0.2) is 95.7 Å².